The fraction of sp³-hybridized carbons (Fsp3) is 0.667. The molecule has 1 aromatic heterocycles. The van der Waals surface area contributed by atoms with Crippen molar-refractivity contribution in [1.29, 1.82) is 0 Å². The monoisotopic (exact) mass is 269 g/mol. The number of hydrogen-bond acceptors (Lipinski definition) is 5. The van der Waals surface area contributed by atoms with Crippen molar-refractivity contribution in [3.8, 4) is 0 Å². The molecule has 0 aliphatic heterocycles. The van der Waals surface area contributed by atoms with E-state index in [2.05, 4.69) is 15.3 Å². The molecule has 0 bridgehead atoms. The van der Waals surface area contributed by atoms with E-state index in [0.29, 0.717) is 11.7 Å². The summed E-state index contributed by atoms with van der Waals surface area (Å²) in [5.74, 6) is 3.86. The Bertz CT molecular complexity index is 432. The number of aromatic nitrogens is 2. The van der Waals surface area contributed by atoms with Crippen LogP contribution in [0.5, 0.6) is 0 Å². The lowest BCUT2D eigenvalue weighted by molar-refractivity contribution is 0.296. The molecule has 0 atom stereocenters. The summed E-state index contributed by atoms with van der Waals surface area (Å²) in [6, 6.07) is 1.50. The third kappa shape index (κ3) is 4.34. The van der Waals surface area contributed by atoms with Gasteiger partial charge in [0.2, 0.25) is 0 Å². The first kappa shape index (κ1) is 13.4. The van der Waals surface area contributed by atoms with Crippen molar-refractivity contribution in [1.82, 2.24) is 9.97 Å². The fourth-order valence-corrected chi connectivity index (χ4v) is 2.42. The first-order valence-electron chi connectivity index (χ1n) is 6.33. The molecule has 1 aromatic rings. The molecule has 2 rings (SSSR count). The van der Waals surface area contributed by atoms with Crippen LogP contribution in [0.15, 0.2) is 10.9 Å². The van der Waals surface area contributed by atoms with Crippen LogP contribution < -0.4 is 10.9 Å². The highest BCUT2D eigenvalue weighted by Crippen LogP contribution is 2.37. The summed E-state index contributed by atoms with van der Waals surface area (Å²) in [6.45, 7) is 1.04. The van der Waals surface area contributed by atoms with Gasteiger partial charge in [-0.1, -0.05) is 0 Å². The highest BCUT2D eigenvalue weighted by molar-refractivity contribution is 7.99. The maximum absolute atomic E-state index is 11.4. The number of aliphatic hydroxyl groups excluding tert-OH is 1. The van der Waals surface area contributed by atoms with Gasteiger partial charge in [-0.2, -0.15) is 11.8 Å². The highest BCUT2D eigenvalue weighted by atomic mass is 32.2. The van der Waals surface area contributed by atoms with Crippen LogP contribution in [0, 0.1) is 0 Å². The topological polar surface area (TPSA) is 78.0 Å². The zero-order valence-corrected chi connectivity index (χ0v) is 11.1. The molecule has 5 nitrogen and oxygen atoms in total. The van der Waals surface area contributed by atoms with Crippen molar-refractivity contribution in [2.75, 3.05) is 30.0 Å². The number of rotatable bonds is 8. The summed E-state index contributed by atoms with van der Waals surface area (Å²) in [4.78, 5) is 18.7. The average molecular weight is 269 g/mol. The van der Waals surface area contributed by atoms with Gasteiger partial charge in [-0.15, -0.1) is 0 Å². The third-order valence-electron chi connectivity index (χ3n) is 2.72. The molecule has 0 amide bonds. The summed E-state index contributed by atoms with van der Waals surface area (Å²) >= 11 is 1.79. The van der Waals surface area contributed by atoms with Gasteiger partial charge < -0.3 is 15.4 Å². The van der Waals surface area contributed by atoms with Crippen LogP contribution in [0.1, 0.15) is 31.0 Å². The molecule has 0 saturated heterocycles. The maximum atomic E-state index is 11.4. The Labute approximate surface area is 110 Å². The van der Waals surface area contributed by atoms with Crippen LogP contribution in [0.3, 0.4) is 0 Å². The van der Waals surface area contributed by atoms with Crippen LogP contribution in [0.2, 0.25) is 0 Å². The number of nitrogens with one attached hydrogen (secondary N) is 2. The minimum Gasteiger partial charge on any atom is -0.396 e. The number of aliphatic hydroxyl groups is 1. The number of hydrogen-bond donors (Lipinski definition) is 3. The van der Waals surface area contributed by atoms with Crippen LogP contribution in [0.4, 0.5) is 5.82 Å². The number of H-pyrrole nitrogens is 1. The van der Waals surface area contributed by atoms with Gasteiger partial charge in [0, 0.05) is 30.9 Å². The van der Waals surface area contributed by atoms with Crippen molar-refractivity contribution in [2.24, 2.45) is 0 Å². The third-order valence-corrected chi connectivity index (χ3v) is 3.79. The van der Waals surface area contributed by atoms with Gasteiger partial charge in [-0.3, -0.25) is 4.79 Å². The number of aromatic amines is 1. The quantitative estimate of drug-likeness (QED) is 0.618. The van der Waals surface area contributed by atoms with Gasteiger partial charge in [0.1, 0.15) is 11.6 Å². The molecule has 0 aromatic carbocycles. The highest BCUT2D eigenvalue weighted by Gasteiger charge is 2.26. The standard InChI is InChI=1S/C12H19N3O2S/c16-5-1-6-18-7-4-13-10-8-11(17)15-12(14-10)9-2-3-9/h8-9,16H,1-7H2,(H2,13,14,15,17). The molecule has 1 fully saturated rings. The van der Waals surface area contributed by atoms with Gasteiger partial charge in [0.15, 0.2) is 0 Å². The second kappa shape index (κ2) is 6.80. The Hall–Kier alpha value is -1.01. The summed E-state index contributed by atoms with van der Waals surface area (Å²) in [5.41, 5.74) is -0.0812. The Balaban J connectivity index is 1.76. The van der Waals surface area contributed by atoms with E-state index in [0.717, 1.165) is 43.1 Å². The summed E-state index contributed by atoms with van der Waals surface area (Å²) in [5, 5.41) is 11.8. The van der Waals surface area contributed by atoms with Crippen molar-refractivity contribution >= 4 is 17.6 Å². The predicted molar refractivity (Wildman–Crippen MR) is 74.4 cm³/mol. The van der Waals surface area contributed by atoms with Gasteiger partial charge in [-0.05, 0) is 25.0 Å². The Kier molecular flexibility index (Phi) is 5.07. The van der Waals surface area contributed by atoms with Crippen LogP contribution in [-0.4, -0.2) is 39.7 Å². The normalized spacial score (nSPS) is 14.7. The first-order valence-corrected chi connectivity index (χ1v) is 7.49. The van der Waals surface area contributed by atoms with Crippen LogP contribution in [-0.2, 0) is 0 Å². The van der Waals surface area contributed by atoms with E-state index < -0.39 is 0 Å². The molecule has 1 aliphatic carbocycles. The Morgan fingerprint density at radius 2 is 2.33 bits per heavy atom. The molecule has 6 heteroatoms. The van der Waals surface area contributed by atoms with Crippen molar-refractivity contribution < 1.29 is 5.11 Å². The second-order valence-corrected chi connectivity index (χ2v) is 5.63. The van der Waals surface area contributed by atoms with Gasteiger partial charge in [0.05, 0.1) is 0 Å². The molecular weight excluding hydrogens is 250 g/mol. The minimum absolute atomic E-state index is 0.0812. The first-order chi connectivity index (χ1) is 8.79. The van der Waals surface area contributed by atoms with Gasteiger partial charge >= 0.3 is 0 Å². The van der Waals surface area contributed by atoms with E-state index in [4.69, 9.17) is 5.11 Å². The number of anilines is 1. The van der Waals surface area contributed by atoms with E-state index in [-0.39, 0.29) is 12.2 Å². The average Bonchev–Trinajstić information content (AvgIpc) is 3.17. The summed E-state index contributed by atoms with van der Waals surface area (Å²) in [6.07, 6.45) is 3.09. The van der Waals surface area contributed by atoms with Gasteiger partial charge in [0.25, 0.3) is 5.56 Å². The predicted octanol–water partition coefficient (Wildman–Crippen LogP) is 1.17. The van der Waals surface area contributed by atoms with Crippen LogP contribution in [0.25, 0.3) is 0 Å². The Morgan fingerprint density at radius 3 is 3.06 bits per heavy atom. The zero-order valence-electron chi connectivity index (χ0n) is 10.3. The summed E-state index contributed by atoms with van der Waals surface area (Å²) in [7, 11) is 0. The molecule has 3 N–H and O–H groups in total. The number of nitrogens with zero attached hydrogens (tertiary/aromatic N) is 1. The fourth-order valence-electron chi connectivity index (χ4n) is 1.64. The van der Waals surface area contributed by atoms with E-state index in [9.17, 15) is 4.79 Å². The van der Waals surface area contributed by atoms with Crippen molar-refractivity contribution in [3.63, 3.8) is 0 Å². The second-order valence-electron chi connectivity index (χ2n) is 4.41. The van der Waals surface area contributed by atoms with E-state index in [1.165, 1.54) is 6.07 Å². The van der Waals surface area contributed by atoms with Gasteiger partial charge in [-0.25, -0.2) is 4.98 Å². The molecule has 100 valence electrons. The molecule has 0 spiro atoms. The van der Waals surface area contributed by atoms with E-state index >= 15 is 0 Å². The van der Waals surface area contributed by atoms with Crippen LogP contribution >= 0.6 is 11.8 Å². The van der Waals surface area contributed by atoms with Crippen molar-refractivity contribution in [3.05, 3.63) is 22.2 Å². The molecule has 0 radical (unpaired) electrons. The smallest absolute Gasteiger partial charge is 0.252 e. The zero-order chi connectivity index (χ0) is 12.8. The SMILES string of the molecule is O=c1cc(NCCSCCCO)nc(C2CC2)[nH]1. The van der Waals surface area contributed by atoms with Crippen molar-refractivity contribution in [2.45, 2.75) is 25.2 Å². The largest absolute Gasteiger partial charge is 0.396 e. The van der Waals surface area contributed by atoms with E-state index in [1.807, 2.05) is 0 Å². The maximum Gasteiger partial charge on any atom is 0.252 e. The summed E-state index contributed by atoms with van der Waals surface area (Å²) < 4.78 is 0. The molecule has 18 heavy (non-hydrogen) atoms. The minimum atomic E-state index is -0.0812. The van der Waals surface area contributed by atoms with E-state index in [1.54, 1.807) is 11.8 Å². The lowest BCUT2D eigenvalue weighted by Crippen LogP contribution is -2.14. The molecule has 1 heterocycles. The molecule has 1 saturated carbocycles. The lowest BCUT2D eigenvalue weighted by Gasteiger charge is -2.06. The number of thioether (sulfide) groups is 1. The lowest BCUT2D eigenvalue weighted by atomic mass is 10.4. The molecule has 0 unspecified atom stereocenters. The molecular formula is C12H19N3O2S. The Morgan fingerprint density at radius 1 is 1.50 bits per heavy atom. The molecule has 1 aliphatic rings.